The van der Waals surface area contributed by atoms with Gasteiger partial charge in [-0.3, -0.25) is 4.79 Å². The summed E-state index contributed by atoms with van der Waals surface area (Å²) in [4.78, 5) is 11.7. The van der Waals surface area contributed by atoms with Gasteiger partial charge in [-0.15, -0.1) is 0 Å². The number of halogens is 1. The molecule has 0 saturated heterocycles. The number of nitrogens with one attached hydrogen (secondary N) is 1. The van der Waals surface area contributed by atoms with Crippen LogP contribution in [0.1, 0.15) is 25.8 Å². The van der Waals surface area contributed by atoms with Gasteiger partial charge in [0.1, 0.15) is 11.9 Å². The summed E-state index contributed by atoms with van der Waals surface area (Å²) in [5.41, 5.74) is -0.189. The molecule has 96 valence electrons. The Morgan fingerprint density at radius 2 is 2.22 bits per heavy atom. The number of hydrogen-bond acceptors (Lipinski definition) is 3. The van der Waals surface area contributed by atoms with Gasteiger partial charge in [0.05, 0.1) is 23.3 Å². The van der Waals surface area contributed by atoms with Gasteiger partial charge in [-0.25, -0.2) is 4.39 Å². The van der Waals surface area contributed by atoms with E-state index < -0.39 is 11.4 Å². The third-order valence-corrected chi connectivity index (χ3v) is 2.52. The summed E-state index contributed by atoms with van der Waals surface area (Å²) in [5, 5.41) is 11.4. The second-order valence-electron chi connectivity index (χ2n) is 4.49. The minimum atomic E-state index is -0.586. The van der Waals surface area contributed by atoms with Crippen molar-refractivity contribution in [2.45, 2.75) is 25.9 Å². The summed E-state index contributed by atoms with van der Waals surface area (Å²) in [6, 6.07) is 5.47. The molecule has 1 aromatic rings. The summed E-state index contributed by atoms with van der Waals surface area (Å²) >= 11 is 0. The zero-order valence-corrected chi connectivity index (χ0v) is 10.6. The van der Waals surface area contributed by atoms with Crippen molar-refractivity contribution in [1.29, 1.82) is 5.26 Å². The molecule has 0 aromatic heterocycles. The molecule has 5 heteroatoms. The van der Waals surface area contributed by atoms with Gasteiger partial charge in [0.25, 0.3) is 0 Å². The minimum Gasteiger partial charge on any atom is -0.378 e. The summed E-state index contributed by atoms with van der Waals surface area (Å²) in [7, 11) is 1.52. The Hall–Kier alpha value is -1.93. The summed E-state index contributed by atoms with van der Waals surface area (Å²) in [6.07, 6.45) is 0.145. The van der Waals surface area contributed by atoms with Crippen LogP contribution in [-0.2, 0) is 9.53 Å². The van der Waals surface area contributed by atoms with Gasteiger partial charge in [-0.2, -0.15) is 5.26 Å². The molecule has 0 saturated carbocycles. The van der Waals surface area contributed by atoms with E-state index in [0.29, 0.717) is 5.69 Å². The second-order valence-corrected chi connectivity index (χ2v) is 4.49. The van der Waals surface area contributed by atoms with E-state index in [9.17, 15) is 9.18 Å². The smallest absolute Gasteiger partial charge is 0.227 e. The van der Waals surface area contributed by atoms with Gasteiger partial charge in [0.2, 0.25) is 5.91 Å². The zero-order valence-electron chi connectivity index (χ0n) is 10.6. The standard InChI is InChI=1S/C13H15FN2O2/c1-13(2,18-3)7-12(17)16-11-5-4-10(14)6-9(11)8-15/h4-6H,7H2,1-3H3,(H,16,17). The highest BCUT2D eigenvalue weighted by molar-refractivity contribution is 5.92. The van der Waals surface area contributed by atoms with Gasteiger partial charge in [-0.1, -0.05) is 0 Å². The van der Waals surface area contributed by atoms with Crippen molar-refractivity contribution >= 4 is 11.6 Å². The number of benzene rings is 1. The van der Waals surface area contributed by atoms with Crippen LogP contribution in [0.4, 0.5) is 10.1 Å². The first-order valence-corrected chi connectivity index (χ1v) is 5.42. The van der Waals surface area contributed by atoms with Crippen molar-refractivity contribution in [3.63, 3.8) is 0 Å². The predicted molar refractivity (Wildman–Crippen MR) is 65.4 cm³/mol. The van der Waals surface area contributed by atoms with Crippen LogP contribution in [-0.4, -0.2) is 18.6 Å². The Labute approximate surface area is 105 Å². The van der Waals surface area contributed by atoms with E-state index in [1.807, 2.05) is 6.07 Å². The first-order chi connectivity index (χ1) is 8.38. The number of carbonyl (C=O) groups excluding carboxylic acids is 1. The molecule has 1 rings (SSSR count). The van der Waals surface area contributed by atoms with Crippen LogP contribution in [0.5, 0.6) is 0 Å². The SMILES string of the molecule is COC(C)(C)CC(=O)Nc1ccc(F)cc1C#N. The lowest BCUT2D eigenvalue weighted by Crippen LogP contribution is -2.29. The number of nitriles is 1. The Balaban J connectivity index is 2.80. The van der Waals surface area contributed by atoms with E-state index in [1.54, 1.807) is 13.8 Å². The van der Waals surface area contributed by atoms with E-state index >= 15 is 0 Å². The van der Waals surface area contributed by atoms with Crippen LogP contribution < -0.4 is 5.32 Å². The molecule has 1 N–H and O–H groups in total. The summed E-state index contributed by atoms with van der Waals surface area (Å²) < 4.78 is 18.0. The third-order valence-electron chi connectivity index (χ3n) is 2.52. The number of nitrogens with zero attached hydrogens (tertiary/aromatic N) is 1. The molecule has 0 heterocycles. The number of rotatable bonds is 4. The first-order valence-electron chi connectivity index (χ1n) is 5.42. The average molecular weight is 250 g/mol. The van der Waals surface area contributed by atoms with Gasteiger partial charge in [0.15, 0.2) is 0 Å². The highest BCUT2D eigenvalue weighted by Crippen LogP contribution is 2.18. The molecule has 18 heavy (non-hydrogen) atoms. The highest BCUT2D eigenvalue weighted by atomic mass is 19.1. The third kappa shape index (κ3) is 3.82. The summed E-state index contributed by atoms with van der Waals surface area (Å²) in [6.45, 7) is 3.56. The fourth-order valence-electron chi connectivity index (χ4n) is 1.37. The fourth-order valence-corrected chi connectivity index (χ4v) is 1.37. The van der Waals surface area contributed by atoms with Gasteiger partial charge >= 0.3 is 0 Å². The van der Waals surface area contributed by atoms with Crippen molar-refractivity contribution in [2.75, 3.05) is 12.4 Å². The van der Waals surface area contributed by atoms with Crippen molar-refractivity contribution in [2.24, 2.45) is 0 Å². The molecule has 0 spiro atoms. The molecule has 0 atom stereocenters. The average Bonchev–Trinajstić information content (AvgIpc) is 2.30. The zero-order chi connectivity index (χ0) is 13.8. The van der Waals surface area contributed by atoms with E-state index in [0.717, 1.165) is 6.07 Å². The minimum absolute atomic E-state index is 0.0959. The molecule has 0 aliphatic rings. The van der Waals surface area contributed by atoms with Gasteiger partial charge in [-0.05, 0) is 32.0 Å². The van der Waals surface area contributed by atoms with E-state index in [4.69, 9.17) is 10.00 Å². The monoisotopic (exact) mass is 250 g/mol. The summed E-state index contributed by atoms with van der Waals surface area (Å²) in [5.74, 6) is -0.799. The number of anilines is 1. The number of hydrogen-bond donors (Lipinski definition) is 1. The topological polar surface area (TPSA) is 62.1 Å². The molecular weight excluding hydrogens is 235 g/mol. The van der Waals surface area contributed by atoms with E-state index in [1.165, 1.54) is 19.2 Å². The van der Waals surface area contributed by atoms with E-state index in [2.05, 4.69) is 5.32 Å². The molecule has 1 aromatic carbocycles. The number of carbonyl (C=O) groups is 1. The largest absolute Gasteiger partial charge is 0.378 e. The second kappa shape index (κ2) is 5.61. The molecule has 0 aliphatic carbocycles. The van der Waals surface area contributed by atoms with Crippen LogP contribution in [0.15, 0.2) is 18.2 Å². The fraction of sp³-hybridized carbons (Fsp3) is 0.385. The van der Waals surface area contributed by atoms with Crippen LogP contribution in [0.2, 0.25) is 0 Å². The maximum Gasteiger partial charge on any atom is 0.227 e. The molecule has 0 radical (unpaired) electrons. The van der Waals surface area contributed by atoms with Gasteiger partial charge < -0.3 is 10.1 Å². The number of methoxy groups -OCH3 is 1. The maximum absolute atomic E-state index is 12.9. The van der Waals surface area contributed by atoms with Crippen molar-refractivity contribution in [3.05, 3.63) is 29.6 Å². The Morgan fingerprint density at radius 1 is 1.56 bits per heavy atom. The van der Waals surface area contributed by atoms with E-state index in [-0.39, 0.29) is 17.9 Å². The van der Waals surface area contributed by atoms with Crippen molar-refractivity contribution in [3.8, 4) is 6.07 Å². The molecule has 0 bridgehead atoms. The quantitative estimate of drug-likeness (QED) is 0.892. The number of ether oxygens (including phenoxy) is 1. The molecule has 1 amide bonds. The highest BCUT2D eigenvalue weighted by Gasteiger charge is 2.21. The molecular formula is C13H15FN2O2. The van der Waals surface area contributed by atoms with Crippen molar-refractivity contribution < 1.29 is 13.9 Å². The maximum atomic E-state index is 12.9. The Bertz CT molecular complexity index is 492. The molecule has 4 nitrogen and oxygen atoms in total. The van der Waals surface area contributed by atoms with Crippen LogP contribution in [0, 0.1) is 17.1 Å². The predicted octanol–water partition coefficient (Wildman–Crippen LogP) is 2.45. The lowest BCUT2D eigenvalue weighted by molar-refractivity contribution is -0.121. The van der Waals surface area contributed by atoms with Crippen LogP contribution >= 0.6 is 0 Å². The Kier molecular flexibility index (Phi) is 4.40. The Morgan fingerprint density at radius 3 is 2.78 bits per heavy atom. The van der Waals surface area contributed by atoms with Crippen LogP contribution in [0.25, 0.3) is 0 Å². The number of amides is 1. The lowest BCUT2D eigenvalue weighted by Gasteiger charge is -2.22. The molecule has 0 fully saturated rings. The van der Waals surface area contributed by atoms with Gasteiger partial charge in [0, 0.05) is 7.11 Å². The normalized spacial score (nSPS) is 10.8. The lowest BCUT2D eigenvalue weighted by atomic mass is 10.0. The van der Waals surface area contributed by atoms with Crippen LogP contribution in [0.3, 0.4) is 0 Å². The first kappa shape index (κ1) is 14.1. The molecule has 0 unspecified atom stereocenters. The van der Waals surface area contributed by atoms with Crippen molar-refractivity contribution in [1.82, 2.24) is 0 Å². The molecule has 0 aliphatic heterocycles.